The quantitative estimate of drug-likeness (QED) is 0.633. The molecule has 1 aliphatic rings. The number of nitro benzene ring substituents is 1. The molecule has 0 aromatic heterocycles. The molecular formula is C15H22N2O3S. The van der Waals surface area contributed by atoms with Gasteiger partial charge in [-0.3, -0.25) is 10.1 Å². The van der Waals surface area contributed by atoms with Crippen LogP contribution >= 0.6 is 11.8 Å². The second kappa shape index (κ2) is 7.54. The van der Waals surface area contributed by atoms with Gasteiger partial charge < -0.3 is 10.1 Å². The minimum Gasteiger partial charge on any atom is -0.487 e. The van der Waals surface area contributed by atoms with E-state index in [2.05, 4.69) is 11.6 Å². The van der Waals surface area contributed by atoms with Crippen molar-refractivity contribution in [2.24, 2.45) is 0 Å². The summed E-state index contributed by atoms with van der Waals surface area (Å²) in [7, 11) is 0. The Morgan fingerprint density at radius 1 is 1.48 bits per heavy atom. The van der Waals surface area contributed by atoms with E-state index in [4.69, 9.17) is 4.74 Å². The number of thioether (sulfide) groups is 1. The fourth-order valence-corrected chi connectivity index (χ4v) is 3.64. The van der Waals surface area contributed by atoms with Gasteiger partial charge in [-0.1, -0.05) is 12.5 Å². The highest BCUT2D eigenvalue weighted by molar-refractivity contribution is 7.99. The molecule has 0 saturated heterocycles. The normalized spacial score (nSPS) is 21.8. The molecule has 1 N–H and O–H groups in total. The van der Waals surface area contributed by atoms with Crippen LogP contribution in [0, 0.1) is 10.1 Å². The number of ether oxygens (including phenoxy) is 1. The minimum absolute atomic E-state index is 0.0469. The Morgan fingerprint density at radius 2 is 2.29 bits per heavy atom. The maximum absolute atomic E-state index is 11.4. The van der Waals surface area contributed by atoms with Gasteiger partial charge in [0.1, 0.15) is 5.69 Å². The molecule has 116 valence electrons. The fourth-order valence-electron chi connectivity index (χ4n) is 2.81. The molecule has 1 fully saturated rings. The largest absolute Gasteiger partial charge is 0.487 e. The monoisotopic (exact) mass is 310 g/mol. The minimum atomic E-state index is -0.359. The number of anilines is 1. The van der Waals surface area contributed by atoms with E-state index in [1.807, 2.05) is 18.7 Å². The summed E-state index contributed by atoms with van der Waals surface area (Å²) in [6, 6.07) is 5.52. The SMILES string of the molecule is CCOc1cccc(NC2CCCC(SC)C2)c1[N+](=O)[O-]. The van der Waals surface area contributed by atoms with Crippen molar-refractivity contribution in [3.63, 3.8) is 0 Å². The van der Waals surface area contributed by atoms with Crippen molar-refractivity contribution >= 4 is 23.1 Å². The molecule has 1 saturated carbocycles. The Morgan fingerprint density at radius 3 is 2.95 bits per heavy atom. The fraction of sp³-hybridized carbons (Fsp3) is 0.600. The lowest BCUT2D eigenvalue weighted by atomic mass is 9.94. The van der Waals surface area contributed by atoms with Crippen LogP contribution in [0.3, 0.4) is 0 Å². The van der Waals surface area contributed by atoms with Gasteiger partial charge in [-0.25, -0.2) is 0 Å². The average Bonchev–Trinajstić information content (AvgIpc) is 2.47. The van der Waals surface area contributed by atoms with Gasteiger partial charge in [0.25, 0.3) is 0 Å². The number of nitro groups is 1. The predicted molar refractivity (Wildman–Crippen MR) is 87.4 cm³/mol. The first-order valence-corrected chi connectivity index (χ1v) is 8.64. The number of hydrogen-bond donors (Lipinski definition) is 1. The molecule has 0 spiro atoms. The van der Waals surface area contributed by atoms with Crippen LogP contribution in [0.25, 0.3) is 0 Å². The maximum atomic E-state index is 11.4. The molecule has 0 aliphatic heterocycles. The lowest BCUT2D eigenvalue weighted by Crippen LogP contribution is -2.28. The number of hydrogen-bond acceptors (Lipinski definition) is 5. The molecule has 1 aliphatic carbocycles. The van der Waals surface area contributed by atoms with Crippen LogP contribution in [0.4, 0.5) is 11.4 Å². The summed E-state index contributed by atoms with van der Waals surface area (Å²) in [6.45, 7) is 2.25. The molecule has 0 heterocycles. The first kappa shape index (κ1) is 15.9. The summed E-state index contributed by atoms with van der Waals surface area (Å²) in [4.78, 5) is 11.0. The number of nitrogens with zero attached hydrogens (tertiary/aromatic N) is 1. The molecule has 2 unspecified atom stereocenters. The first-order chi connectivity index (χ1) is 10.2. The Kier molecular flexibility index (Phi) is 5.73. The van der Waals surface area contributed by atoms with Crippen LogP contribution in [0.15, 0.2) is 18.2 Å². The molecule has 0 radical (unpaired) electrons. The van der Waals surface area contributed by atoms with Crippen molar-refractivity contribution in [1.29, 1.82) is 0 Å². The van der Waals surface area contributed by atoms with Gasteiger partial charge in [0.05, 0.1) is 11.5 Å². The molecule has 5 nitrogen and oxygen atoms in total. The highest BCUT2D eigenvalue weighted by Crippen LogP contribution is 2.37. The van der Waals surface area contributed by atoms with Crippen molar-refractivity contribution in [3.05, 3.63) is 28.3 Å². The third-order valence-electron chi connectivity index (χ3n) is 3.80. The maximum Gasteiger partial charge on any atom is 0.333 e. The molecule has 21 heavy (non-hydrogen) atoms. The predicted octanol–water partition coefficient (Wildman–Crippen LogP) is 4.08. The van der Waals surface area contributed by atoms with Gasteiger partial charge in [-0.05, 0) is 44.6 Å². The zero-order valence-electron chi connectivity index (χ0n) is 12.5. The number of para-hydroxylation sites is 1. The molecule has 2 rings (SSSR count). The second-order valence-electron chi connectivity index (χ2n) is 5.21. The van der Waals surface area contributed by atoms with E-state index in [-0.39, 0.29) is 10.6 Å². The van der Waals surface area contributed by atoms with Crippen molar-refractivity contribution in [2.45, 2.75) is 43.9 Å². The van der Waals surface area contributed by atoms with Gasteiger partial charge in [0, 0.05) is 11.3 Å². The summed E-state index contributed by atoms with van der Waals surface area (Å²) in [5.41, 5.74) is 0.614. The Hall–Kier alpha value is -1.43. The molecular weight excluding hydrogens is 288 g/mol. The van der Waals surface area contributed by atoms with Gasteiger partial charge in [-0.15, -0.1) is 0 Å². The molecule has 6 heteroatoms. The zero-order chi connectivity index (χ0) is 15.2. The van der Waals surface area contributed by atoms with Crippen LogP contribution in [0.1, 0.15) is 32.6 Å². The molecule has 1 aromatic carbocycles. The van der Waals surface area contributed by atoms with Crippen LogP contribution in [-0.4, -0.2) is 29.1 Å². The first-order valence-electron chi connectivity index (χ1n) is 7.35. The van der Waals surface area contributed by atoms with Crippen molar-refractivity contribution < 1.29 is 9.66 Å². The van der Waals surface area contributed by atoms with Crippen molar-refractivity contribution in [2.75, 3.05) is 18.2 Å². The second-order valence-corrected chi connectivity index (χ2v) is 6.35. The van der Waals surface area contributed by atoms with E-state index < -0.39 is 0 Å². The van der Waals surface area contributed by atoms with Crippen LogP contribution < -0.4 is 10.1 Å². The highest BCUT2D eigenvalue weighted by Gasteiger charge is 2.26. The summed E-state index contributed by atoms with van der Waals surface area (Å²) in [6.07, 6.45) is 6.65. The number of nitrogens with one attached hydrogen (secondary N) is 1. The Bertz CT molecular complexity index is 496. The third kappa shape index (κ3) is 4.03. The van der Waals surface area contributed by atoms with Crippen LogP contribution in [0.2, 0.25) is 0 Å². The Balaban J connectivity index is 2.19. The smallest absolute Gasteiger partial charge is 0.333 e. The molecule has 2 atom stereocenters. The van der Waals surface area contributed by atoms with E-state index in [1.165, 1.54) is 12.8 Å². The van der Waals surface area contributed by atoms with E-state index in [9.17, 15) is 10.1 Å². The number of benzene rings is 1. The highest BCUT2D eigenvalue weighted by atomic mass is 32.2. The lowest BCUT2D eigenvalue weighted by molar-refractivity contribution is -0.385. The standard InChI is InChI=1S/C15H22N2O3S/c1-3-20-14-9-5-8-13(15(14)17(18)19)16-11-6-4-7-12(10-11)21-2/h5,8-9,11-12,16H,3-4,6-7,10H2,1-2H3. The number of rotatable bonds is 6. The van der Waals surface area contributed by atoms with Crippen LogP contribution in [0.5, 0.6) is 5.75 Å². The molecule has 0 amide bonds. The third-order valence-corrected chi connectivity index (χ3v) is 4.90. The summed E-state index contributed by atoms with van der Waals surface area (Å²) < 4.78 is 5.38. The summed E-state index contributed by atoms with van der Waals surface area (Å²) >= 11 is 1.88. The summed E-state index contributed by atoms with van der Waals surface area (Å²) in [5, 5.41) is 15.4. The van der Waals surface area contributed by atoms with Gasteiger partial charge in [0.15, 0.2) is 5.75 Å². The van der Waals surface area contributed by atoms with Crippen LogP contribution in [-0.2, 0) is 0 Å². The van der Waals surface area contributed by atoms with Crippen molar-refractivity contribution in [1.82, 2.24) is 0 Å². The molecule has 0 bridgehead atoms. The van der Waals surface area contributed by atoms with Gasteiger partial charge >= 0.3 is 5.69 Å². The van der Waals surface area contributed by atoms with E-state index in [0.29, 0.717) is 29.3 Å². The van der Waals surface area contributed by atoms with Gasteiger partial charge in [-0.2, -0.15) is 11.8 Å². The van der Waals surface area contributed by atoms with Gasteiger partial charge in [0.2, 0.25) is 0 Å². The topological polar surface area (TPSA) is 64.4 Å². The average molecular weight is 310 g/mol. The van der Waals surface area contributed by atoms with E-state index in [1.54, 1.807) is 18.2 Å². The summed E-state index contributed by atoms with van der Waals surface area (Å²) in [5.74, 6) is 0.338. The van der Waals surface area contributed by atoms with Crippen molar-refractivity contribution in [3.8, 4) is 5.75 Å². The van der Waals surface area contributed by atoms with E-state index in [0.717, 1.165) is 12.8 Å². The Labute approximate surface area is 129 Å². The zero-order valence-corrected chi connectivity index (χ0v) is 13.3. The van der Waals surface area contributed by atoms with E-state index >= 15 is 0 Å². The lowest BCUT2D eigenvalue weighted by Gasteiger charge is -2.29. The molecule has 1 aromatic rings.